The normalized spacial score (nSPS) is 20.8. The van der Waals surface area contributed by atoms with Crippen LogP contribution in [0.15, 0.2) is 5.16 Å². The van der Waals surface area contributed by atoms with Gasteiger partial charge in [-0.05, 0) is 0 Å². The van der Waals surface area contributed by atoms with E-state index in [4.69, 9.17) is 4.84 Å². The molecule has 1 spiro atoms. The first-order valence-electron chi connectivity index (χ1n) is 7.27. The second-order valence-corrected chi connectivity index (χ2v) is 5.84. The summed E-state index contributed by atoms with van der Waals surface area (Å²) in [5.74, 6) is -0.765. The average Bonchev–Trinajstić information content (AvgIpc) is 2.85. The van der Waals surface area contributed by atoms with Crippen LogP contribution in [0, 0.1) is 0 Å². The van der Waals surface area contributed by atoms with Crippen LogP contribution in [0.2, 0.25) is 0 Å². The van der Waals surface area contributed by atoms with Gasteiger partial charge < -0.3 is 14.5 Å². The number of oxime groups is 1. The van der Waals surface area contributed by atoms with Crippen LogP contribution in [-0.4, -0.2) is 54.4 Å². The van der Waals surface area contributed by atoms with Gasteiger partial charge in [0.1, 0.15) is 5.60 Å². The first kappa shape index (κ1) is 18.7. The smallest absolute Gasteiger partial charge is 0.422 e. The van der Waals surface area contributed by atoms with E-state index in [1.165, 1.54) is 4.90 Å². The first-order chi connectivity index (χ1) is 11.0. The summed E-state index contributed by atoms with van der Waals surface area (Å²) in [6, 6.07) is 0. The number of carbonyl (C=O) groups is 1. The fourth-order valence-corrected chi connectivity index (χ4v) is 2.57. The highest BCUT2D eigenvalue weighted by Crippen LogP contribution is 2.35. The Morgan fingerprint density at radius 1 is 1.17 bits per heavy atom. The number of ether oxygens (including phenoxy) is 1. The number of carbonyl (C=O) groups excluding carboxylic acids is 1. The number of halogens is 6. The Balaban J connectivity index is 1.76. The number of nitrogens with zero attached hydrogens (tertiary/aromatic N) is 2. The van der Waals surface area contributed by atoms with Crippen molar-refractivity contribution in [1.82, 2.24) is 4.90 Å². The molecular weight excluding hydrogens is 346 g/mol. The Hall–Kier alpha value is -1.68. The van der Waals surface area contributed by atoms with Gasteiger partial charge in [0.25, 0.3) is 0 Å². The molecule has 1 amide bonds. The van der Waals surface area contributed by atoms with Gasteiger partial charge in [0, 0.05) is 32.4 Å². The maximum absolute atomic E-state index is 12.1. The molecule has 0 N–H and O–H groups in total. The fourth-order valence-electron chi connectivity index (χ4n) is 2.57. The van der Waals surface area contributed by atoms with Crippen molar-refractivity contribution >= 4 is 11.8 Å². The van der Waals surface area contributed by atoms with Crippen LogP contribution in [0.25, 0.3) is 0 Å². The zero-order valence-corrected chi connectivity index (χ0v) is 12.5. The molecule has 0 unspecified atom stereocenters. The van der Waals surface area contributed by atoms with Gasteiger partial charge in [0.05, 0.1) is 12.8 Å². The van der Waals surface area contributed by atoms with Gasteiger partial charge in [-0.3, -0.25) is 4.79 Å². The molecule has 0 radical (unpaired) electrons. The van der Waals surface area contributed by atoms with Crippen LogP contribution in [0.1, 0.15) is 32.1 Å². The zero-order valence-electron chi connectivity index (χ0n) is 12.5. The average molecular weight is 362 g/mol. The monoisotopic (exact) mass is 362 g/mol. The maximum Gasteiger partial charge on any atom is 0.422 e. The van der Waals surface area contributed by atoms with Crippen LogP contribution >= 0.6 is 0 Å². The van der Waals surface area contributed by atoms with E-state index in [1.807, 2.05) is 0 Å². The van der Waals surface area contributed by atoms with E-state index in [0.717, 1.165) is 0 Å². The number of likely N-dealkylation sites (tertiary alicyclic amines) is 1. The lowest BCUT2D eigenvalue weighted by Gasteiger charge is -2.37. The molecule has 0 aromatic heterocycles. The molecule has 0 atom stereocenters. The van der Waals surface area contributed by atoms with Gasteiger partial charge in [-0.15, -0.1) is 0 Å². The first-order valence-corrected chi connectivity index (χ1v) is 7.27. The minimum Gasteiger partial charge on any atom is -0.469 e. The molecule has 2 rings (SSSR count). The van der Waals surface area contributed by atoms with E-state index in [2.05, 4.69) is 9.89 Å². The third kappa shape index (κ3) is 5.45. The van der Waals surface area contributed by atoms with Crippen LogP contribution < -0.4 is 0 Å². The summed E-state index contributed by atoms with van der Waals surface area (Å²) in [5, 5.41) is 3.50. The quantitative estimate of drug-likeness (QED) is 0.726. The summed E-state index contributed by atoms with van der Waals surface area (Å²) in [7, 11) is 0. The number of piperidine rings is 1. The Morgan fingerprint density at radius 3 is 2.33 bits per heavy atom. The molecule has 24 heavy (non-hydrogen) atoms. The molecule has 11 heteroatoms. The molecule has 0 aromatic rings. The Labute approximate surface area is 133 Å². The standard InChI is InChI=1S/C13H16F6N2O3/c14-12(15,16)2-1-10(22)21-5-3-11(4-6-21)7-9(20-24-11)23-8-13(17,18)19/h1-8H2. The van der Waals surface area contributed by atoms with E-state index >= 15 is 0 Å². The number of hydrogen-bond donors (Lipinski definition) is 0. The topological polar surface area (TPSA) is 51.1 Å². The van der Waals surface area contributed by atoms with Gasteiger partial charge in [-0.25, -0.2) is 0 Å². The molecule has 1 saturated heterocycles. The summed E-state index contributed by atoms with van der Waals surface area (Å²) < 4.78 is 77.2. The van der Waals surface area contributed by atoms with E-state index in [-0.39, 0.29) is 38.2 Å². The zero-order chi connectivity index (χ0) is 18.0. The van der Waals surface area contributed by atoms with Crippen molar-refractivity contribution in [2.45, 2.75) is 50.1 Å². The van der Waals surface area contributed by atoms with Gasteiger partial charge in [0.15, 0.2) is 6.61 Å². The second-order valence-electron chi connectivity index (χ2n) is 5.84. The van der Waals surface area contributed by atoms with E-state index in [0.29, 0.717) is 0 Å². The molecule has 2 aliphatic rings. The van der Waals surface area contributed by atoms with Crippen LogP contribution in [0.3, 0.4) is 0 Å². The summed E-state index contributed by atoms with van der Waals surface area (Å²) in [5.41, 5.74) is -0.845. The summed E-state index contributed by atoms with van der Waals surface area (Å²) in [6.45, 7) is -1.13. The predicted octanol–water partition coefficient (Wildman–Crippen LogP) is 3.00. The minimum atomic E-state index is -4.48. The fraction of sp³-hybridized carbons (Fsp3) is 0.846. The van der Waals surface area contributed by atoms with Crippen molar-refractivity contribution < 1.29 is 40.7 Å². The van der Waals surface area contributed by atoms with Crippen molar-refractivity contribution in [3.05, 3.63) is 0 Å². The predicted molar refractivity (Wildman–Crippen MR) is 69.0 cm³/mol. The lowest BCUT2D eigenvalue weighted by atomic mass is 9.88. The van der Waals surface area contributed by atoms with Crippen LogP contribution in [0.5, 0.6) is 0 Å². The molecule has 0 aromatic carbocycles. The lowest BCUT2D eigenvalue weighted by molar-refractivity contribution is -0.156. The molecule has 2 heterocycles. The van der Waals surface area contributed by atoms with Crippen molar-refractivity contribution in [1.29, 1.82) is 0 Å². The summed E-state index contributed by atoms with van der Waals surface area (Å²) in [6.07, 6.45) is -10.1. The highest BCUT2D eigenvalue weighted by Gasteiger charge is 2.44. The Kier molecular flexibility index (Phi) is 5.19. The number of rotatable bonds is 3. The largest absolute Gasteiger partial charge is 0.469 e. The number of hydrogen-bond acceptors (Lipinski definition) is 4. The minimum absolute atomic E-state index is 0.0493. The molecule has 138 valence electrons. The molecule has 0 bridgehead atoms. The number of amides is 1. The van der Waals surface area contributed by atoms with E-state index < -0.39 is 43.3 Å². The second kappa shape index (κ2) is 6.67. The van der Waals surface area contributed by atoms with Gasteiger partial charge in [-0.2, -0.15) is 26.3 Å². The van der Waals surface area contributed by atoms with Crippen molar-refractivity contribution in [3.63, 3.8) is 0 Å². The van der Waals surface area contributed by atoms with E-state index in [9.17, 15) is 31.1 Å². The SMILES string of the molecule is O=C(CCC(F)(F)F)N1CCC2(CC1)CC(OCC(F)(F)F)=NO2. The van der Waals surface area contributed by atoms with Crippen molar-refractivity contribution in [3.8, 4) is 0 Å². The van der Waals surface area contributed by atoms with Crippen molar-refractivity contribution in [2.75, 3.05) is 19.7 Å². The lowest BCUT2D eigenvalue weighted by Crippen LogP contribution is -2.47. The molecular formula is C13H16F6N2O3. The highest BCUT2D eigenvalue weighted by atomic mass is 19.4. The van der Waals surface area contributed by atoms with Gasteiger partial charge >= 0.3 is 12.4 Å². The summed E-state index contributed by atoms with van der Waals surface area (Å²) in [4.78, 5) is 18.2. The third-order valence-corrected chi connectivity index (χ3v) is 3.87. The highest BCUT2D eigenvalue weighted by molar-refractivity contribution is 5.78. The summed E-state index contributed by atoms with van der Waals surface area (Å²) >= 11 is 0. The number of alkyl halides is 6. The Bertz CT molecular complexity index is 495. The van der Waals surface area contributed by atoms with Gasteiger partial charge in [-0.1, -0.05) is 5.16 Å². The molecule has 0 saturated carbocycles. The maximum atomic E-state index is 12.1. The molecule has 5 nitrogen and oxygen atoms in total. The molecule has 2 aliphatic heterocycles. The third-order valence-electron chi connectivity index (χ3n) is 3.87. The molecule has 0 aliphatic carbocycles. The Morgan fingerprint density at radius 2 is 1.79 bits per heavy atom. The molecule has 1 fully saturated rings. The van der Waals surface area contributed by atoms with Crippen molar-refractivity contribution in [2.24, 2.45) is 5.16 Å². The van der Waals surface area contributed by atoms with Crippen LogP contribution in [0.4, 0.5) is 26.3 Å². The van der Waals surface area contributed by atoms with E-state index in [1.54, 1.807) is 0 Å². The van der Waals surface area contributed by atoms with Crippen LogP contribution in [-0.2, 0) is 14.4 Å². The van der Waals surface area contributed by atoms with Gasteiger partial charge in [0.2, 0.25) is 11.8 Å².